The van der Waals surface area contributed by atoms with E-state index in [0.717, 1.165) is 16.8 Å². The van der Waals surface area contributed by atoms with E-state index in [0.29, 0.717) is 6.42 Å². The van der Waals surface area contributed by atoms with E-state index >= 15 is 0 Å². The molecule has 1 aromatic carbocycles. The Morgan fingerprint density at radius 3 is 2.62 bits per heavy atom. The van der Waals surface area contributed by atoms with Gasteiger partial charge in [0.1, 0.15) is 5.82 Å². The third-order valence-corrected chi connectivity index (χ3v) is 3.21. The molecule has 1 aromatic heterocycles. The summed E-state index contributed by atoms with van der Waals surface area (Å²) in [7, 11) is 1.62. The van der Waals surface area contributed by atoms with Crippen LogP contribution in [0, 0.1) is 5.82 Å². The lowest BCUT2D eigenvalue weighted by Gasteiger charge is -2.15. The van der Waals surface area contributed by atoms with Crippen LogP contribution in [0.1, 0.15) is 24.1 Å². The van der Waals surface area contributed by atoms with Crippen LogP contribution in [0.2, 0.25) is 0 Å². The topological polar surface area (TPSA) is 54.0 Å². The smallest absolute Gasteiger partial charge is 0.224 e. The number of benzene rings is 1. The Kier molecular flexibility index (Phi) is 4.87. The highest BCUT2D eigenvalue weighted by Crippen LogP contribution is 2.19. The molecular formula is C16H18FN3O. The lowest BCUT2D eigenvalue weighted by Crippen LogP contribution is -2.19. The summed E-state index contributed by atoms with van der Waals surface area (Å²) in [5.74, 6) is -0.364. The van der Waals surface area contributed by atoms with Crippen molar-refractivity contribution in [3.8, 4) is 0 Å². The maximum atomic E-state index is 13.1. The fourth-order valence-corrected chi connectivity index (χ4v) is 1.99. The van der Waals surface area contributed by atoms with Crippen LogP contribution in [0.25, 0.3) is 0 Å². The first-order valence-electron chi connectivity index (χ1n) is 6.75. The highest BCUT2D eigenvalue weighted by Gasteiger charge is 2.07. The van der Waals surface area contributed by atoms with Gasteiger partial charge in [0.15, 0.2) is 0 Å². The van der Waals surface area contributed by atoms with Crippen LogP contribution in [-0.4, -0.2) is 17.9 Å². The van der Waals surface area contributed by atoms with Gasteiger partial charge < -0.3 is 10.6 Å². The van der Waals surface area contributed by atoms with Gasteiger partial charge in [-0.2, -0.15) is 0 Å². The first kappa shape index (κ1) is 15.0. The van der Waals surface area contributed by atoms with Crippen molar-refractivity contribution < 1.29 is 9.18 Å². The first-order valence-corrected chi connectivity index (χ1v) is 6.75. The average molecular weight is 287 g/mol. The molecule has 2 N–H and O–H groups in total. The average Bonchev–Trinajstić information content (AvgIpc) is 2.49. The molecule has 2 aromatic rings. The molecule has 0 fully saturated rings. The number of nitrogens with zero attached hydrogens (tertiary/aromatic N) is 1. The summed E-state index contributed by atoms with van der Waals surface area (Å²) in [4.78, 5) is 15.1. The Morgan fingerprint density at radius 1 is 1.29 bits per heavy atom. The van der Waals surface area contributed by atoms with E-state index in [9.17, 15) is 9.18 Å². The van der Waals surface area contributed by atoms with Gasteiger partial charge in [0.25, 0.3) is 0 Å². The van der Waals surface area contributed by atoms with Crippen LogP contribution in [0.5, 0.6) is 0 Å². The quantitative estimate of drug-likeness (QED) is 0.889. The Labute approximate surface area is 123 Å². The van der Waals surface area contributed by atoms with Gasteiger partial charge in [-0.3, -0.25) is 9.78 Å². The molecule has 0 saturated carbocycles. The number of carbonyl (C=O) groups is 1. The molecule has 0 bridgehead atoms. The Hall–Kier alpha value is -2.43. The van der Waals surface area contributed by atoms with Gasteiger partial charge >= 0.3 is 0 Å². The van der Waals surface area contributed by atoms with Crippen LogP contribution >= 0.6 is 0 Å². The van der Waals surface area contributed by atoms with Gasteiger partial charge in [0.05, 0.1) is 18.7 Å². The molecule has 1 heterocycles. The normalized spacial score (nSPS) is 11.8. The van der Waals surface area contributed by atoms with Crippen LogP contribution in [-0.2, 0) is 11.2 Å². The largest absolute Gasteiger partial charge is 0.378 e. The van der Waals surface area contributed by atoms with Crippen LogP contribution in [0.4, 0.5) is 10.1 Å². The van der Waals surface area contributed by atoms with Crippen molar-refractivity contribution in [2.75, 3.05) is 12.4 Å². The van der Waals surface area contributed by atoms with Gasteiger partial charge in [0.2, 0.25) is 5.91 Å². The van der Waals surface area contributed by atoms with Crippen molar-refractivity contribution in [2.24, 2.45) is 0 Å². The summed E-state index contributed by atoms with van der Waals surface area (Å²) < 4.78 is 13.1. The molecule has 0 aliphatic rings. The predicted octanol–water partition coefficient (Wildman–Crippen LogP) is 2.68. The van der Waals surface area contributed by atoms with E-state index in [4.69, 9.17) is 0 Å². The molecule has 1 atom stereocenters. The number of carbonyl (C=O) groups excluding carboxylic acids is 1. The minimum absolute atomic E-state index is 0.0186. The Morgan fingerprint density at radius 2 is 2.00 bits per heavy atom. The predicted molar refractivity (Wildman–Crippen MR) is 80.4 cm³/mol. The van der Waals surface area contributed by atoms with E-state index in [2.05, 4.69) is 15.6 Å². The molecule has 0 aliphatic heterocycles. The maximum Gasteiger partial charge on any atom is 0.224 e. The Bertz CT molecular complexity index is 613. The van der Waals surface area contributed by atoms with Gasteiger partial charge in [-0.05, 0) is 36.2 Å². The van der Waals surface area contributed by atoms with Crippen molar-refractivity contribution in [2.45, 2.75) is 19.4 Å². The molecule has 1 amide bonds. The maximum absolute atomic E-state index is 13.1. The number of nitrogens with one attached hydrogen (secondary N) is 2. The second-order valence-electron chi connectivity index (χ2n) is 4.85. The van der Waals surface area contributed by atoms with Crippen LogP contribution in [0.15, 0.2) is 42.7 Å². The summed E-state index contributed by atoms with van der Waals surface area (Å²) in [5, 5.41) is 5.86. The SMILES string of the molecule is CNC(=O)Cc1ccc(NC(C)c2cncc(F)c2)cc1. The lowest BCUT2D eigenvalue weighted by atomic mass is 10.1. The molecule has 4 nitrogen and oxygen atoms in total. The number of hydrogen-bond acceptors (Lipinski definition) is 3. The zero-order chi connectivity index (χ0) is 15.2. The summed E-state index contributed by atoms with van der Waals surface area (Å²) in [5.41, 5.74) is 2.64. The zero-order valence-corrected chi connectivity index (χ0v) is 12.1. The second kappa shape index (κ2) is 6.83. The van der Waals surface area contributed by atoms with Gasteiger partial charge in [-0.25, -0.2) is 4.39 Å². The third kappa shape index (κ3) is 4.27. The summed E-state index contributed by atoms with van der Waals surface area (Å²) in [6.07, 6.45) is 3.19. The van der Waals surface area contributed by atoms with Gasteiger partial charge in [-0.1, -0.05) is 12.1 Å². The van der Waals surface area contributed by atoms with Crippen molar-refractivity contribution in [1.82, 2.24) is 10.3 Å². The standard InChI is InChI=1S/C16H18FN3O/c1-11(13-8-14(17)10-19-9-13)20-15-5-3-12(4-6-15)7-16(21)18-2/h3-6,8-11,20H,7H2,1-2H3,(H,18,21). The van der Waals surface area contributed by atoms with E-state index in [-0.39, 0.29) is 17.8 Å². The van der Waals surface area contributed by atoms with Crippen molar-refractivity contribution in [3.63, 3.8) is 0 Å². The monoisotopic (exact) mass is 287 g/mol. The molecule has 1 unspecified atom stereocenters. The van der Waals surface area contributed by atoms with E-state index < -0.39 is 0 Å². The highest BCUT2D eigenvalue weighted by molar-refractivity contribution is 5.78. The number of anilines is 1. The lowest BCUT2D eigenvalue weighted by molar-refractivity contribution is -0.119. The number of hydrogen-bond donors (Lipinski definition) is 2. The highest BCUT2D eigenvalue weighted by atomic mass is 19.1. The van der Waals surface area contributed by atoms with Gasteiger partial charge in [-0.15, -0.1) is 0 Å². The molecule has 0 radical (unpaired) electrons. The van der Waals surface area contributed by atoms with E-state index in [1.165, 1.54) is 12.3 Å². The summed E-state index contributed by atoms with van der Waals surface area (Å²) in [6, 6.07) is 9.01. The Balaban J connectivity index is 2.01. The number of aromatic nitrogens is 1. The second-order valence-corrected chi connectivity index (χ2v) is 4.85. The molecule has 110 valence electrons. The number of rotatable bonds is 5. The molecule has 0 aliphatic carbocycles. The summed E-state index contributed by atoms with van der Waals surface area (Å²) >= 11 is 0. The molecule has 5 heteroatoms. The molecule has 2 rings (SSSR count). The minimum Gasteiger partial charge on any atom is -0.378 e. The van der Waals surface area contributed by atoms with E-state index in [1.54, 1.807) is 13.2 Å². The molecule has 0 spiro atoms. The van der Waals surface area contributed by atoms with Gasteiger partial charge in [0, 0.05) is 18.9 Å². The van der Waals surface area contributed by atoms with E-state index in [1.807, 2.05) is 31.2 Å². The summed E-state index contributed by atoms with van der Waals surface area (Å²) in [6.45, 7) is 1.94. The van der Waals surface area contributed by atoms with Crippen molar-refractivity contribution in [3.05, 3.63) is 59.7 Å². The number of pyridine rings is 1. The molecule has 21 heavy (non-hydrogen) atoms. The zero-order valence-electron chi connectivity index (χ0n) is 12.1. The fourth-order valence-electron chi connectivity index (χ4n) is 1.99. The fraction of sp³-hybridized carbons (Fsp3) is 0.250. The van der Waals surface area contributed by atoms with Crippen molar-refractivity contribution >= 4 is 11.6 Å². The minimum atomic E-state index is -0.345. The first-order chi connectivity index (χ1) is 10.1. The van der Waals surface area contributed by atoms with Crippen LogP contribution < -0.4 is 10.6 Å². The van der Waals surface area contributed by atoms with Crippen molar-refractivity contribution in [1.29, 1.82) is 0 Å². The van der Waals surface area contributed by atoms with Crippen LogP contribution in [0.3, 0.4) is 0 Å². The number of amides is 1. The number of likely N-dealkylation sites (N-methyl/N-ethyl adjacent to an activating group) is 1. The third-order valence-electron chi connectivity index (χ3n) is 3.21. The number of halogens is 1. The molecule has 0 saturated heterocycles. The molecular weight excluding hydrogens is 269 g/mol.